The van der Waals surface area contributed by atoms with Crippen LogP contribution < -0.4 is 9.64 Å². The minimum atomic E-state index is -4.42. The molecule has 1 fully saturated rings. The van der Waals surface area contributed by atoms with Gasteiger partial charge in [0.2, 0.25) is 5.88 Å². The van der Waals surface area contributed by atoms with Gasteiger partial charge in [0.15, 0.2) is 0 Å². The maximum absolute atomic E-state index is 12.5. The van der Waals surface area contributed by atoms with E-state index >= 15 is 0 Å². The number of rotatable bonds is 3. The van der Waals surface area contributed by atoms with Gasteiger partial charge in [-0.15, -0.1) is 0 Å². The molecule has 3 rings (SSSR count). The van der Waals surface area contributed by atoms with Gasteiger partial charge in [-0.05, 0) is 24.3 Å². The van der Waals surface area contributed by atoms with E-state index < -0.39 is 11.7 Å². The predicted molar refractivity (Wildman–Crippen MR) is 86.7 cm³/mol. The van der Waals surface area contributed by atoms with Gasteiger partial charge in [-0.3, -0.25) is 0 Å². The van der Waals surface area contributed by atoms with Crippen molar-refractivity contribution in [3.8, 4) is 11.9 Å². The van der Waals surface area contributed by atoms with Crippen LogP contribution in [0.3, 0.4) is 0 Å². The molecule has 1 atom stereocenters. The first-order valence-corrected chi connectivity index (χ1v) is 7.89. The summed E-state index contributed by atoms with van der Waals surface area (Å²) in [6.07, 6.45) is -3.20. The second-order valence-electron chi connectivity index (χ2n) is 5.63. The lowest BCUT2D eigenvalue weighted by Gasteiger charge is -2.20. The Kier molecular flexibility index (Phi) is 4.73. The highest BCUT2D eigenvalue weighted by Crippen LogP contribution is 2.30. The van der Waals surface area contributed by atoms with Crippen LogP contribution in [0.25, 0.3) is 0 Å². The highest BCUT2D eigenvalue weighted by molar-refractivity contribution is 6.30. The number of hydrogen-bond acceptors (Lipinski definition) is 4. The molecule has 4 nitrogen and oxygen atoms in total. The van der Waals surface area contributed by atoms with Crippen LogP contribution in [0, 0.1) is 11.3 Å². The second kappa shape index (κ2) is 6.81. The van der Waals surface area contributed by atoms with Crippen molar-refractivity contribution in [1.82, 2.24) is 4.98 Å². The fourth-order valence-electron chi connectivity index (χ4n) is 2.71. The lowest BCUT2D eigenvalue weighted by molar-refractivity contribution is -0.137. The molecule has 0 radical (unpaired) electrons. The zero-order valence-electron chi connectivity index (χ0n) is 12.9. The number of benzene rings is 1. The maximum atomic E-state index is 12.5. The van der Waals surface area contributed by atoms with E-state index in [0.29, 0.717) is 30.1 Å². The van der Waals surface area contributed by atoms with Gasteiger partial charge in [0.25, 0.3) is 0 Å². The number of alkyl halides is 3. The molecule has 0 saturated carbocycles. The van der Waals surface area contributed by atoms with Crippen molar-refractivity contribution >= 4 is 17.3 Å². The van der Waals surface area contributed by atoms with Gasteiger partial charge >= 0.3 is 6.18 Å². The Bertz CT molecular complexity index is 802. The summed E-state index contributed by atoms with van der Waals surface area (Å²) in [4.78, 5) is 5.71. The molecule has 2 aromatic rings. The van der Waals surface area contributed by atoms with Gasteiger partial charge in [0, 0.05) is 30.3 Å². The van der Waals surface area contributed by atoms with Crippen LogP contribution >= 0.6 is 11.6 Å². The minimum absolute atomic E-state index is 0.150. The molecule has 0 bridgehead atoms. The monoisotopic (exact) mass is 367 g/mol. The molecule has 1 aromatic heterocycles. The average molecular weight is 368 g/mol. The van der Waals surface area contributed by atoms with Crippen LogP contribution in [0.5, 0.6) is 5.88 Å². The molecule has 0 N–H and O–H groups in total. The quantitative estimate of drug-likeness (QED) is 0.812. The topological polar surface area (TPSA) is 49.2 Å². The fourth-order valence-corrected chi connectivity index (χ4v) is 2.88. The van der Waals surface area contributed by atoms with Gasteiger partial charge in [0.05, 0.1) is 23.4 Å². The van der Waals surface area contributed by atoms with Crippen LogP contribution in [0.4, 0.5) is 18.9 Å². The number of nitrogens with zero attached hydrogens (tertiary/aromatic N) is 3. The van der Waals surface area contributed by atoms with E-state index in [1.165, 1.54) is 6.07 Å². The zero-order chi connectivity index (χ0) is 18.0. The summed E-state index contributed by atoms with van der Waals surface area (Å²) >= 11 is 5.90. The van der Waals surface area contributed by atoms with Crippen LogP contribution in [0.1, 0.15) is 17.5 Å². The third kappa shape index (κ3) is 3.97. The minimum Gasteiger partial charge on any atom is -0.472 e. The number of aromatic nitrogens is 1. The number of pyridine rings is 1. The van der Waals surface area contributed by atoms with Crippen molar-refractivity contribution in [2.24, 2.45) is 0 Å². The normalized spacial score (nSPS) is 17.4. The first kappa shape index (κ1) is 17.4. The number of halogens is 4. The lowest BCUT2D eigenvalue weighted by Crippen LogP contribution is -2.25. The smallest absolute Gasteiger partial charge is 0.417 e. The molecule has 1 aromatic carbocycles. The molecule has 1 aliphatic rings. The van der Waals surface area contributed by atoms with E-state index in [2.05, 4.69) is 11.1 Å². The van der Waals surface area contributed by atoms with E-state index in [0.717, 1.165) is 18.0 Å². The largest absolute Gasteiger partial charge is 0.472 e. The molecule has 1 aliphatic heterocycles. The second-order valence-corrected chi connectivity index (χ2v) is 6.07. The van der Waals surface area contributed by atoms with Crippen molar-refractivity contribution in [2.45, 2.75) is 18.7 Å². The highest BCUT2D eigenvalue weighted by Gasteiger charge is 2.31. The number of nitriles is 1. The number of ether oxygens (including phenoxy) is 1. The summed E-state index contributed by atoms with van der Waals surface area (Å²) in [7, 11) is 0. The van der Waals surface area contributed by atoms with Crippen molar-refractivity contribution in [1.29, 1.82) is 5.26 Å². The fraction of sp³-hybridized carbons (Fsp3) is 0.294. The Morgan fingerprint density at radius 1 is 1.28 bits per heavy atom. The Hall–Kier alpha value is -2.46. The van der Waals surface area contributed by atoms with E-state index in [1.54, 1.807) is 18.2 Å². The average Bonchev–Trinajstić information content (AvgIpc) is 3.02. The molecule has 0 aliphatic carbocycles. The van der Waals surface area contributed by atoms with Crippen LogP contribution in [0.2, 0.25) is 5.02 Å². The Labute approximate surface area is 147 Å². The third-order valence-corrected chi connectivity index (χ3v) is 4.15. The van der Waals surface area contributed by atoms with Crippen LogP contribution in [-0.2, 0) is 6.18 Å². The first-order valence-electron chi connectivity index (χ1n) is 7.51. The number of anilines is 1. The molecular weight excluding hydrogens is 355 g/mol. The Morgan fingerprint density at radius 2 is 2.08 bits per heavy atom. The lowest BCUT2D eigenvalue weighted by atomic mass is 10.2. The molecule has 0 unspecified atom stereocenters. The van der Waals surface area contributed by atoms with Crippen molar-refractivity contribution in [3.05, 3.63) is 52.7 Å². The van der Waals surface area contributed by atoms with Crippen LogP contribution in [-0.4, -0.2) is 24.2 Å². The summed E-state index contributed by atoms with van der Waals surface area (Å²) in [6, 6.07) is 9.36. The molecule has 8 heteroatoms. The van der Waals surface area contributed by atoms with Gasteiger partial charge in [-0.1, -0.05) is 11.6 Å². The summed E-state index contributed by atoms with van der Waals surface area (Å²) in [6.45, 7) is 1.18. The summed E-state index contributed by atoms with van der Waals surface area (Å²) in [5, 5.41) is 9.71. The molecule has 1 saturated heterocycles. The van der Waals surface area contributed by atoms with E-state index in [9.17, 15) is 18.4 Å². The maximum Gasteiger partial charge on any atom is 0.417 e. The molecule has 130 valence electrons. The Balaban J connectivity index is 1.67. The van der Waals surface area contributed by atoms with Gasteiger partial charge < -0.3 is 9.64 Å². The van der Waals surface area contributed by atoms with Crippen LogP contribution in [0.15, 0.2) is 36.5 Å². The van der Waals surface area contributed by atoms with E-state index in [4.69, 9.17) is 16.3 Å². The summed E-state index contributed by atoms with van der Waals surface area (Å²) < 4.78 is 43.3. The van der Waals surface area contributed by atoms with Gasteiger partial charge in [0.1, 0.15) is 12.2 Å². The van der Waals surface area contributed by atoms with Crippen molar-refractivity contribution in [3.63, 3.8) is 0 Å². The molecule has 0 spiro atoms. The van der Waals surface area contributed by atoms with Gasteiger partial charge in [-0.2, -0.15) is 18.4 Å². The summed E-state index contributed by atoms with van der Waals surface area (Å²) in [5.41, 5.74) is 0.423. The Morgan fingerprint density at radius 3 is 2.72 bits per heavy atom. The first-order chi connectivity index (χ1) is 11.9. The SMILES string of the molecule is N#Cc1cc(Cl)ccc1N1CC[C@H](Oc2ccc(C(F)(F)F)cn2)C1. The zero-order valence-corrected chi connectivity index (χ0v) is 13.7. The third-order valence-electron chi connectivity index (χ3n) is 3.92. The molecule has 0 amide bonds. The van der Waals surface area contributed by atoms with E-state index in [-0.39, 0.29) is 12.0 Å². The van der Waals surface area contributed by atoms with Gasteiger partial charge in [-0.25, -0.2) is 4.98 Å². The predicted octanol–water partition coefficient (Wildman–Crippen LogP) is 4.28. The highest BCUT2D eigenvalue weighted by atomic mass is 35.5. The standard InChI is InChI=1S/C17H13ClF3N3O/c18-13-2-3-15(11(7-13)8-22)24-6-5-14(10-24)25-16-4-1-12(9-23-16)17(19,20)21/h1-4,7,9,14H,5-6,10H2/t14-/m0/s1. The summed E-state index contributed by atoms with van der Waals surface area (Å²) in [5.74, 6) is 0.150. The van der Waals surface area contributed by atoms with Crippen molar-refractivity contribution in [2.75, 3.05) is 18.0 Å². The molecular formula is C17H13ClF3N3O. The molecule has 2 heterocycles. The molecule has 25 heavy (non-hydrogen) atoms. The van der Waals surface area contributed by atoms with Crippen molar-refractivity contribution < 1.29 is 17.9 Å². The van der Waals surface area contributed by atoms with E-state index in [1.807, 2.05) is 4.90 Å². The number of hydrogen-bond donors (Lipinski definition) is 0.